The normalized spacial score (nSPS) is 10.4. The molecule has 1 aromatic carbocycles. The standard InChI is InChI=1S/C14H16BrN3O2/c15-13-4-2-1-3-12(13)14(19)17-6-9-20-10-8-18-7-5-16-11-18/h1-5,7,11H,6,8-10H2,(H,17,19). The third-order valence-corrected chi connectivity index (χ3v) is 3.39. The van der Waals surface area contributed by atoms with E-state index in [-0.39, 0.29) is 5.91 Å². The maximum absolute atomic E-state index is 11.9. The molecule has 1 heterocycles. The van der Waals surface area contributed by atoms with Crippen LogP contribution in [0, 0.1) is 0 Å². The average Bonchev–Trinajstić information content (AvgIpc) is 2.96. The number of hydrogen-bond donors (Lipinski definition) is 1. The Morgan fingerprint density at radius 3 is 2.95 bits per heavy atom. The van der Waals surface area contributed by atoms with E-state index in [1.165, 1.54) is 0 Å². The molecule has 1 amide bonds. The molecule has 5 nitrogen and oxygen atoms in total. The molecule has 2 rings (SSSR count). The van der Waals surface area contributed by atoms with Crippen LogP contribution < -0.4 is 5.32 Å². The van der Waals surface area contributed by atoms with Crippen molar-refractivity contribution in [3.8, 4) is 0 Å². The zero-order valence-electron chi connectivity index (χ0n) is 11.0. The molecule has 0 unspecified atom stereocenters. The summed E-state index contributed by atoms with van der Waals surface area (Å²) in [6, 6.07) is 7.33. The Morgan fingerprint density at radius 1 is 1.35 bits per heavy atom. The van der Waals surface area contributed by atoms with Gasteiger partial charge in [0.2, 0.25) is 0 Å². The molecular weight excluding hydrogens is 322 g/mol. The fourth-order valence-corrected chi connectivity index (χ4v) is 2.13. The lowest BCUT2D eigenvalue weighted by Crippen LogP contribution is -2.27. The van der Waals surface area contributed by atoms with Crippen molar-refractivity contribution >= 4 is 21.8 Å². The van der Waals surface area contributed by atoms with E-state index in [0.717, 1.165) is 11.0 Å². The number of nitrogens with zero attached hydrogens (tertiary/aromatic N) is 2. The minimum atomic E-state index is -0.101. The highest BCUT2D eigenvalue weighted by molar-refractivity contribution is 9.10. The topological polar surface area (TPSA) is 56.1 Å². The second-order valence-electron chi connectivity index (χ2n) is 4.15. The molecule has 0 fully saturated rings. The van der Waals surface area contributed by atoms with E-state index in [2.05, 4.69) is 26.2 Å². The number of hydrogen-bond acceptors (Lipinski definition) is 3. The summed E-state index contributed by atoms with van der Waals surface area (Å²) in [7, 11) is 0. The number of benzene rings is 1. The monoisotopic (exact) mass is 337 g/mol. The average molecular weight is 338 g/mol. The van der Waals surface area contributed by atoms with E-state index < -0.39 is 0 Å². The van der Waals surface area contributed by atoms with Crippen LogP contribution in [0.5, 0.6) is 0 Å². The molecule has 1 aromatic heterocycles. The minimum absolute atomic E-state index is 0.101. The van der Waals surface area contributed by atoms with Crippen molar-refractivity contribution in [1.29, 1.82) is 0 Å². The van der Waals surface area contributed by atoms with Gasteiger partial charge in [-0.05, 0) is 28.1 Å². The smallest absolute Gasteiger partial charge is 0.252 e. The van der Waals surface area contributed by atoms with E-state index in [4.69, 9.17) is 4.74 Å². The summed E-state index contributed by atoms with van der Waals surface area (Å²) in [5.74, 6) is -0.101. The SMILES string of the molecule is O=C(NCCOCCn1ccnc1)c1ccccc1Br. The van der Waals surface area contributed by atoms with Gasteiger partial charge < -0.3 is 14.6 Å². The van der Waals surface area contributed by atoms with E-state index in [9.17, 15) is 4.79 Å². The van der Waals surface area contributed by atoms with Gasteiger partial charge in [-0.15, -0.1) is 0 Å². The summed E-state index contributed by atoms with van der Waals surface area (Å²) >= 11 is 3.35. The van der Waals surface area contributed by atoms with Gasteiger partial charge in [-0.1, -0.05) is 12.1 Å². The lowest BCUT2D eigenvalue weighted by atomic mass is 10.2. The van der Waals surface area contributed by atoms with Gasteiger partial charge in [0.25, 0.3) is 5.91 Å². The third kappa shape index (κ3) is 4.47. The van der Waals surface area contributed by atoms with Crippen LogP contribution in [-0.4, -0.2) is 35.2 Å². The fourth-order valence-electron chi connectivity index (χ4n) is 1.67. The Labute approximate surface area is 126 Å². The summed E-state index contributed by atoms with van der Waals surface area (Å²) in [5, 5.41) is 2.82. The Hall–Kier alpha value is -1.66. The number of aromatic nitrogens is 2. The molecule has 1 N–H and O–H groups in total. The van der Waals surface area contributed by atoms with Crippen LogP contribution in [0.15, 0.2) is 47.5 Å². The van der Waals surface area contributed by atoms with Gasteiger partial charge in [-0.3, -0.25) is 4.79 Å². The molecule has 6 heteroatoms. The van der Waals surface area contributed by atoms with Crippen molar-refractivity contribution in [3.63, 3.8) is 0 Å². The van der Waals surface area contributed by atoms with Gasteiger partial charge in [0.05, 0.1) is 25.1 Å². The van der Waals surface area contributed by atoms with Crippen molar-refractivity contribution in [2.75, 3.05) is 19.8 Å². The van der Waals surface area contributed by atoms with Gasteiger partial charge in [0.15, 0.2) is 0 Å². The summed E-state index contributed by atoms with van der Waals surface area (Å²) in [6.45, 7) is 2.34. The molecule has 0 aliphatic carbocycles. The molecule has 0 radical (unpaired) electrons. The molecule has 0 saturated heterocycles. The minimum Gasteiger partial charge on any atom is -0.378 e. The molecule has 106 valence electrons. The number of carbonyl (C=O) groups excluding carboxylic acids is 1. The van der Waals surface area contributed by atoms with Crippen LogP contribution in [0.3, 0.4) is 0 Å². The molecular formula is C14H16BrN3O2. The number of ether oxygens (including phenoxy) is 1. The maximum Gasteiger partial charge on any atom is 0.252 e. The van der Waals surface area contributed by atoms with E-state index in [1.807, 2.05) is 29.0 Å². The van der Waals surface area contributed by atoms with Crippen LogP contribution in [0.25, 0.3) is 0 Å². The highest BCUT2D eigenvalue weighted by atomic mass is 79.9. The molecule has 20 heavy (non-hydrogen) atoms. The van der Waals surface area contributed by atoms with Gasteiger partial charge in [-0.25, -0.2) is 4.98 Å². The van der Waals surface area contributed by atoms with Crippen molar-refractivity contribution in [2.45, 2.75) is 6.54 Å². The quantitative estimate of drug-likeness (QED) is 0.787. The predicted molar refractivity (Wildman–Crippen MR) is 79.5 cm³/mol. The summed E-state index contributed by atoms with van der Waals surface area (Å²) in [6.07, 6.45) is 5.37. The Bertz CT molecular complexity index is 543. The molecule has 0 aliphatic heterocycles. The van der Waals surface area contributed by atoms with Crippen molar-refractivity contribution in [1.82, 2.24) is 14.9 Å². The first-order chi connectivity index (χ1) is 9.77. The zero-order valence-corrected chi connectivity index (χ0v) is 12.5. The fraction of sp³-hybridized carbons (Fsp3) is 0.286. The first kappa shape index (κ1) is 14.7. The highest BCUT2D eigenvalue weighted by Gasteiger charge is 2.07. The third-order valence-electron chi connectivity index (χ3n) is 2.70. The van der Waals surface area contributed by atoms with Crippen LogP contribution in [0.4, 0.5) is 0 Å². The maximum atomic E-state index is 11.9. The molecule has 0 spiro atoms. The molecule has 0 saturated carbocycles. The van der Waals surface area contributed by atoms with E-state index >= 15 is 0 Å². The van der Waals surface area contributed by atoms with Gasteiger partial charge in [0.1, 0.15) is 0 Å². The summed E-state index contributed by atoms with van der Waals surface area (Å²) < 4.78 is 8.18. The van der Waals surface area contributed by atoms with Crippen LogP contribution >= 0.6 is 15.9 Å². The Balaban J connectivity index is 1.61. The van der Waals surface area contributed by atoms with Gasteiger partial charge >= 0.3 is 0 Å². The second kappa shape index (κ2) is 7.81. The lowest BCUT2D eigenvalue weighted by molar-refractivity contribution is 0.0908. The number of amides is 1. The van der Waals surface area contributed by atoms with Gasteiger partial charge in [-0.2, -0.15) is 0 Å². The summed E-state index contributed by atoms with van der Waals surface area (Å²) in [5.41, 5.74) is 0.630. The number of carbonyl (C=O) groups is 1. The Kier molecular flexibility index (Phi) is 5.76. The lowest BCUT2D eigenvalue weighted by Gasteiger charge is -2.08. The van der Waals surface area contributed by atoms with E-state index in [1.54, 1.807) is 18.6 Å². The summed E-state index contributed by atoms with van der Waals surface area (Å²) in [4.78, 5) is 15.8. The van der Waals surface area contributed by atoms with Crippen LogP contribution in [0.2, 0.25) is 0 Å². The molecule has 0 atom stereocenters. The largest absolute Gasteiger partial charge is 0.378 e. The van der Waals surface area contributed by atoms with Crippen molar-refractivity contribution in [2.24, 2.45) is 0 Å². The zero-order chi connectivity index (χ0) is 14.2. The first-order valence-electron chi connectivity index (χ1n) is 6.33. The predicted octanol–water partition coefficient (Wildman–Crippen LogP) is 2.09. The molecule has 0 aliphatic rings. The van der Waals surface area contributed by atoms with E-state index in [0.29, 0.717) is 25.3 Å². The number of imidazole rings is 1. The molecule has 0 bridgehead atoms. The second-order valence-corrected chi connectivity index (χ2v) is 5.00. The molecule has 2 aromatic rings. The highest BCUT2D eigenvalue weighted by Crippen LogP contribution is 2.15. The number of rotatable bonds is 7. The van der Waals surface area contributed by atoms with Crippen molar-refractivity contribution in [3.05, 3.63) is 53.0 Å². The van der Waals surface area contributed by atoms with Crippen LogP contribution in [-0.2, 0) is 11.3 Å². The number of halogens is 1. The van der Waals surface area contributed by atoms with Crippen LogP contribution in [0.1, 0.15) is 10.4 Å². The van der Waals surface area contributed by atoms with Gasteiger partial charge in [0, 0.05) is 30.0 Å². The number of nitrogens with one attached hydrogen (secondary N) is 1. The van der Waals surface area contributed by atoms with Crippen molar-refractivity contribution < 1.29 is 9.53 Å². The first-order valence-corrected chi connectivity index (χ1v) is 7.13. The Morgan fingerprint density at radius 2 is 2.20 bits per heavy atom.